The topological polar surface area (TPSA) is 21.8 Å². The minimum Gasteiger partial charge on any atom is -0.379 e. The van der Waals surface area contributed by atoms with Crippen LogP contribution < -0.4 is 0 Å². The Balaban J connectivity index is 0.000000335. The molecule has 22 heavy (non-hydrogen) atoms. The van der Waals surface area contributed by atoms with E-state index in [1.807, 2.05) is 36.4 Å². The summed E-state index contributed by atoms with van der Waals surface area (Å²) in [5, 5.41) is 0. The van der Waals surface area contributed by atoms with E-state index in [-0.39, 0.29) is 0 Å². The van der Waals surface area contributed by atoms with Crippen LogP contribution in [0.3, 0.4) is 0 Å². The van der Waals surface area contributed by atoms with E-state index in [4.69, 9.17) is 9.47 Å². The Hall–Kier alpha value is -0.860. The molecule has 1 aromatic carbocycles. The summed E-state index contributed by atoms with van der Waals surface area (Å²) >= 11 is 0. The third-order valence-electron chi connectivity index (χ3n) is 3.77. The first-order chi connectivity index (χ1) is 10.9. The Kier molecular flexibility index (Phi) is 13.1. The van der Waals surface area contributed by atoms with Crippen molar-refractivity contribution in [3.05, 3.63) is 36.4 Å². The summed E-state index contributed by atoms with van der Waals surface area (Å²) < 4.78 is 10.6. The fraction of sp³-hybridized carbons (Fsp3) is 0.700. The zero-order valence-corrected chi connectivity index (χ0v) is 14.3. The molecular formula is C20H34O2. The van der Waals surface area contributed by atoms with Gasteiger partial charge in [-0.15, -0.1) is 0 Å². The van der Waals surface area contributed by atoms with Crippen molar-refractivity contribution in [2.24, 2.45) is 0 Å². The summed E-state index contributed by atoms with van der Waals surface area (Å²) in [5.41, 5.74) is 0. The van der Waals surface area contributed by atoms with Gasteiger partial charge in [-0.1, -0.05) is 94.7 Å². The van der Waals surface area contributed by atoms with Gasteiger partial charge >= 0.3 is 0 Å². The third-order valence-corrected chi connectivity index (χ3v) is 3.77. The molecule has 0 saturated carbocycles. The first-order valence-electron chi connectivity index (χ1n) is 9.13. The molecule has 1 atom stereocenters. The van der Waals surface area contributed by atoms with Gasteiger partial charge in [-0.2, -0.15) is 0 Å². The quantitative estimate of drug-likeness (QED) is 0.369. The van der Waals surface area contributed by atoms with Crippen LogP contribution in [0.25, 0.3) is 0 Å². The maximum Gasteiger partial charge on any atom is 0.104 e. The molecule has 0 amide bonds. The molecule has 1 saturated heterocycles. The zero-order valence-electron chi connectivity index (χ0n) is 14.3. The molecule has 2 rings (SSSR count). The van der Waals surface area contributed by atoms with Crippen LogP contribution in [0.15, 0.2) is 36.4 Å². The molecule has 0 spiro atoms. The summed E-state index contributed by atoms with van der Waals surface area (Å²) in [7, 11) is 0. The standard InChI is InChI=1S/C14H28O2.C6H6/c1-2-3-4-5-6-7-8-9-10-11-15-12-14-13-16-14;1-2-4-6-5-3-1/h14H,2-13H2,1H3;1-6H. The van der Waals surface area contributed by atoms with Crippen LogP contribution in [0.1, 0.15) is 64.7 Å². The largest absolute Gasteiger partial charge is 0.379 e. The van der Waals surface area contributed by atoms with Crippen LogP contribution in [0.2, 0.25) is 0 Å². The van der Waals surface area contributed by atoms with E-state index in [1.165, 1.54) is 57.8 Å². The first-order valence-corrected chi connectivity index (χ1v) is 9.13. The lowest BCUT2D eigenvalue weighted by Crippen LogP contribution is -2.02. The van der Waals surface area contributed by atoms with Crippen molar-refractivity contribution in [1.82, 2.24) is 0 Å². The molecule has 0 N–H and O–H groups in total. The molecule has 1 aliphatic rings. The predicted molar refractivity (Wildman–Crippen MR) is 94.2 cm³/mol. The number of hydrogen-bond acceptors (Lipinski definition) is 2. The monoisotopic (exact) mass is 306 g/mol. The third kappa shape index (κ3) is 14.1. The van der Waals surface area contributed by atoms with Crippen molar-refractivity contribution in [2.45, 2.75) is 70.8 Å². The van der Waals surface area contributed by atoms with Gasteiger partial charge < -0.3 is 9.47 Å². The first kappa shape index (κ1) is 19.2. The molecule has 1 heterocycles. The van der Waals surface area contributed by atoms with Crippen LogP contribution in [0.4, 0.5) is 0 Å². The van der Waals surface area contributed by atoms with E-state index in [0.717, 1.165) is 19.8 Å². The van der Waals surface area contributed by atoms with Crippen molar-refractivity contribution in [1.29, 1.82) is 0 Å². The Bertz CT molecular complexity index is 282. The van der Waals surface area contributed by atoms with Gasteiger partial charge in [0.05, 0.1) is 13.2 Å². The highest BCUT2D eigenvalue weighted by Crippen LogP contribution is 2.11. The normalized spacial score (nSPS) is 16.0. The van der Waals surface area contributed by atoms with Crippen molar-refractivity contribution in [2.75, 3.05) is 19.8 Å². The second-order valence-electron chi connectivity index (χ2n) is 6.01. The molecule has 0 bridgehead atoms. The fourth-order valence-corrected chi connectivity index (χ4v) is 2.28. The maximum absolute atomic E-state index is 5.49. The molecule has 0 aliphatic carbocycles. The molecule has 1 fully saturated rings. The molecule has 0 aromatic heterocycles. The van der Waals surface area contributed by atoms with E-state index >= 15 is 0 Å². The van der Waals surface area contributed by atoms with Crippen molar-refractivity contribution >= 4 is 0 Å². The number of unbranched alkanes of at least 4 members (excludes halogenated alkanes) is 8. The number of benzene rings is 1. The van der Waals surface area contributed by atoms with Crippen LogP contribution in [-0.2, 0) is 9.47 Å². The van der Waals surface area contributed by atoms with Crippen LogP contribution in [0, 0.1) is 0 Å². The molecule has 1 unspecified atom stereocenters. The van der Waals surface area contributed by atoms with E-state index < -0.39 is 0 Å². The second-order valence-corrected chi connectivity index (χ2v) is 6.01. The smallest absolute Gasteiger partial charge is 0.104 e. The highest BCUT2D eigenvalue weighted by molar-refractivity contribution is 4.99. The van der Waals surface area contributed by atoms with Gasteiger partial charge in [0.1, 0.15) is 6.10 Å². The lowest BCUT2D eigenvalue weighted by Gasteiger charge is -2.03. The van der Waals surface area contributed by atoms with Crippen molar-refractivity contribution in [3.8, 4) is 0 Å². The number of ether oxygens (including phenoxy) is 2. The van der Waals surface area contributed by atoms with E-state index in [9.17, 15) is 0 Å². The fourth-order valence-electron chi connectivity index (χ4n) is 2.28. The van der Waals surface area contributed by atoms with Crippen LogP contribution in [0.5, 0.6) is 0 Å². The molecule has 2 nitrogen and oxygen atoms in total. The van der Waals surface area contributed by atoms with E-state index in [1.54, 1.807) is 0 Å². The maximum atomic E-state index is 5.49. The zero-order chi connectivity index (χ0) is 15.7. The highest BCUT2D eigenvalue weighted by Gasteiger charge is 2.21. The Labute approximate surface area is 137 Å². The van der Waals surface area contributed by atoms with Gasteiger partial charge in [0.2, 0.25) is 0 Å². The molecule has 1 aromatic rings. The predicted octanol–water partition coefficient (Wildman–Crippen LogP) is 5.62. The lowest BCUT2D eigenvalue weighted by atomic mass is 10.1. The van der Waals surface area contributed by atoms with E-state index in [0.29, 0.717) is 6.10 Å². The Morgan fingerprint density at radius 3 is 1.68 bits per heavy atom. The van der Waals surface area contributed by atoms with Crippen LogP contribution >= 0.6 is 0 Å². The minimum atomic E-state index is 0.429. The molecule has 0 radical (unpaired) electrons. The van der Waals surface area contributed by atoms with Gasteiger partial charge in [-0.25, -0.2) is 0 Å². The minimum absolute atomic E-state index is 0.429. The average molecular weight is 306 g/mol. The van der Waals surface area contributed by atoms with Crippen molar-refractivity contribution < 1.29 is 9.47 Å². The molecule has 1 aliphatic heterocycles. The number of rotatable bonds is 12. The summed E-state index contributed by atoms with van der Waals surface area (Å²) in [6.45, 7) is 4.93. The summed E-state index contributed by atoms with van der Waals surface area (Å²) in [4.78, 5) is 0. The van der Waals surface area contributed by atoms with Crippen LogP contribution in [-0.4, -0.2) is 25.9 Å². The average Bonchev–Trinajstić information content (AvgIpc) is 3.39. The molecule has 126 valence electrons. The summed E-state index contributed by atoms with van der Waals surface area (Å²) in [5.74, 6) is 0. The van der Waals surface area contributed by atoms with Gasteiger partial charge in [-0.05, 0) is 6.42 Å². The SMILES string of the molecule is CCCCCCCCCCCOCC1CO1.c1ccccc1. The number of epoxide rings is 1. The van der Waals surface area contributed by atoms with Gasteiger partial charge in [0.15, 0.2) is 0 Å². The Morgan fingerprint density at radius 2 is 1.23 bits per heavy atom. The van der Waals surface area contributed by atoms with Gasteiger partial charge in [-0.3, -0.25) is 0 Å². The highest BCUT2D eigenvalue weighted by atomic mass is 16.6. The van der Waals surface area contributed by atoms with Crippen molar-refractivity contribution in [3.63, 3.8) is 0 Å². The molecular weight excluding hydrogens is 272 g/mol. The molecule has 2 heteroatoms. The van der Waals surface area contributed by atoms with Gasteiger partial charge in [0, 0.05) is 6.61 Å². The lowest BCUT2D eigenvalue weighted by molar-refractivity contribution is 0.113. The Morgan fingerprint density at radius 1 is 0.773 bits per heavy atom. The summed E-state index contributed by atoms with van der Waals surface area (Å²) in [6.07, 6.45) is 12.8. The number of hydrogen-bond donors (Lipinski definition) is 0. The second kappa shape index (κ2) is 15.1. The summed E-state index contributed by atoms with van der Waals surface area (Å²) in [6, 6.07) is 12.0. The van der Waals surface area contributed by atoms with E-state index in [2.05, 4.69) is 6.92 Å². The van der Waals surface area contributed by atoms with Gasteiger partial charge in [0.25, 0.3) is 0 Å².